The normalized spacial score (nSPS) is 27.7. The van der Waals surface area contributed by atoms with Gasteiger partial charge in [0.15, 0.2) is 0 Å². The van der Waals surface area contributed by atoms with Gasteiger partial charge in [-0.25, -0.2) is 4.79 Å². The molecule has 0 heterocycles. The molecule has 0 unspecified atom stereocenters. The largest absolute Gasteiger partial charge is 0.465 e. The zero-order valence-corrected chi connectivity index (χ0v) is 18.5. The monoisotopic (exact) mass is 412 g/mol. The number of hydrogen-bond acceptors (Lipinski definition) is 4. The van der Waals surface area contributed by atoms with Gasteiger partial charge in [-0.3, -0.25) is 0 Å². The van der Waals surface area contributed by atoms with Crippen LogP contribution in [0.25, 0.3) is 0 Å². The Labute approximate surface area is 180 Å². The summed E-state index contributed by atoms with van der Waals surface area (Å²) in [7, 11) is 1.40. The van der Waals surface area contributed by atoms with Crippen molar-refractivity contribution in [3.63, 3.8) is 0 Å². The Hall–Kier alpha value is -1.91. The number of ether oxygens (including phenoxy) is 1. The lowest BCUT2D eigenvalue weighted by atomic mass is 9.87. The van der Waals surface area contributed by atoms with Crippen molar-refractivity contribution in [1.29, 1.82) is 0 Å². The van der Waals surface area contributed by atoms with E-state index in [0.717, 1.165) is 44.1 Å². The molecular formula is C26H36O4. The van der Waals surface area contributed by atoms with E-state index in [-0.39, 0.29) is 18.0 Å². The zero-order chi connectivity index (χ0) is 21.7. The maximum Gasteiger partial charge on any atom is 0.337 e. The number of fused-ring (bicyclic) bond motifs is 1. The molecule has 3 rings (SSSR count). The third-order valence-corrected chi connectivity index (χ3v) is 6.71. The van der Waals surface area contributed by atoms with Crippen LogP contribution in [0, 0.1) is 17.8 Å². The van der Waals surface area contributed by atoms with Gasteiger partial charge in [0.25, 0.3) is 0 Å². The van der Waals surface area contributed by atoms with E-state index in [1.165, 1.54) is 12.7 Å². The highest BCUT2D eigenvalue weighted by atomic mass is 16.5. The average Bonchev–Trinajstić information content (AvgIpc) is 3.23. The van der Waals surface area contributed by atoms with Crippen LogP contribution in [0.4, 0.5) is 0 Å². The fraction of sp³-hybridized carbons (Fsp3) is 0.577. The van der Waals surface area contributed by atoms with Crippen LogP contribution in [0.2, 0.25) is 0 Å². The fourth-order valence-electron chi connectivity index (χ4n) is 5.06. The van der Waals surface area contributed by atoms with Gasteiger partial charge >= 0.3 is 5.97 Å². The van der Waals surface area contributed by atoms with Crippen molar-refractivity contribution >= 4 is 5.97 Å². The molecule has 164 valence electrons. The summed E-state index contributed by atoms with van der Waals surface area (Å²) in [4.78, 5) is 11.8. The van der Waals surface area contributed by atoms with E-state index in [4.69, 9.17) is 4.74 Å². The number of rotatable bonds is 9. The topological polar surface area (TPSA) is 66.8 Å². The van der Waals surface area contributed by atoms with Gasteiger partial charge in [0.05, 0.1) is 24.4 Å². The molecule has 0 aliphatic heterocycles. The summed E-state index contributed by atoms with van der Waals surface area (Å²) in [5.74, 6) is 0.675. The fourth-order valence-corrected chi connectivity index (χ4v) is 5.06. The minimum Gasteiger partial charge on any atom is -0.465 e. The number of allylic oxidation sites excluding steroid dienone is 2. The van der Waals surface area contributed by atoms with Crippen molar-refractivity contribution in [2.24, 2.45) is 17.8 Å². The number of carbonyl (C=O) groups excluding carboxylic acids is 1. The second kappa shape index (κ2) is 9.93. The van der Waals surface area contributed by atoms with Crippen LogP contribution in [0.15, 0.2) is 48.1 Å². The van der Waals surface area contributed by atoms with Gasteiger partial charge in [0, 0.05) is 5.92 Å². The molecule has 2 N–H and O–H groups in total. The molecule has 0 spiro atoms. The lowest BCUT2D eigenvalue weighted by Crippen LogP contribution is -2.23. The van der Waals surface area contributed by atoms with Gasteiger partial charge in [-0.2, -0.15) is 0 Å². The summed E-state index contributed by atoms with van der Waals surface area (Å²) in [6.07, 6.45) is 12.4. The SMILES string of the molecule is CCCC[C@](C)(O)C/C=C/[C@@H]1[C@H]2CC(Cc3cccc(C(=O)OC)c3)=C[C@H]2C[C@H]1O. The molecule has 30 heavy (non-hydrogen) atoms. The second-order valence-corrected chi connectivity index (χ2v) is 9.34. The maximum absolute atomic E-state index is 11.8. The van der Waals surface area contributed by atoms with Gasteiger partial charge in [-0.15, -0.1) is 0 Å². The van der Waals surface area contributed by atoms with Crippen molar-refractivity contribution < 1.29 is 19.7 Å². The molecule has 2 aliphatic carbocycles. The van der Waals surface area contributed by atoms with E-state index in [1.54, 1.807) is 6.07 Å². The number of hydrogen-bond donors (Lipinski definition) is 2. The van der Waals surface area contributed by atoms with E-state index < -0.39 is 5.60 Å². The molecule has 1 saturated carbocycles. The molecule has 0 bridgehead atoms. The van der Waals surface area contributed by atoms with Crippen molar-refractivity contribution in [3.05, 3.63) is 59.2 Å². The highest BCUT2D eigenvalue weighted by Crippen LogP contribution is 2.48. The van der Waals surface area contributed by atoms with Crippen LogP contribution in [0.1, 0.15) is 68.3 Å². The number of carbonyl (C=O) groups is 1. The van der Waals surface area contributed by atoms with Crippen molar-refractivity contribution in [3.8, 4) is 0 Å². The summed E-state index contributed by atoms with van der Waals surface area (Å²) >= 11 is 0. The number of aliphatic hydroxyl groups is 2. The van der Waals surface area contributed by atoms with Gasteiger partial charge in [0.1, 0.15) is 0 Å². The molecule has 4 nitrogen and oxygen atoms in total. The Morgan fingerprint density at radius 1 is 1.37 bits per heavy atom. The molecule has 4 heteroatoms. The quantitative estimate of drug-likeness (QED) is 0.450. The molecule has 5 atom stereocenters. The highest BCUT2D eigenvalue weighted by Gasteiger charge is 2.43. The predicted octanol–water partition coefficient (Wildman–Crippen LogP) is 4.85. The van der Waals surface area contributed by atoms with E-state index in [2.05, 4.69) is 25.2 Å². The van der Waals surface area contributed by atoms with E-state index in [9.17, 15) is 15.0 Å². The molecule has 0 amide bonds. The summed E-state index contributed by atoms with van der Waals surface area (Å²) in [6.45, 7) is 4.04. The summed E-state index contributed by atoms with van der Waals surface area (Å²) < 4.78 is 4.82. The van der Waals surface area contributed by atoms with Gasteiger partial charge in [0.2, 0.25) is 0 Å². The summed E-state index contributed by atoms with van der Waals surface area (Å²) in [5.41, 5.74) is 2.41. The van der Waals surface area contributed by atoms with E-state index >= 15 is 0 Å². The Balaban J connectivity index is 1.60. The molecule has 0 aromatic heterocycles. The van der Waals surface area contributed by atoms with Crippen LogP contribution in [0.5, 0.6) is 0 Å². The van der Waals surface area contributed by atoms with Gasteiger partial charge in [-0.05, 0) is 68.6 Å². The average molecular weight is 413 g/mol. The molecule has 1 aromatic carbocycles. The minimum absolute atomic E-state index is 0.145. The molecule has 2 aliphatic rings. The highest BCUT2D eigenvalue weighted by molar-refractivity contribution is 5.89. The number of unbranched alkanes of at least 4 members (excludes halogenated alkanes) is 1. The van der Waals surface area contributed by atoms with Gasteiger partial charge < -0.3 is 14.9 Å². The van der Waals surface area contributed by atoms with Gasteiger partial charge in [-0.1, -0.05) is 55.7 Å². The molecule has 1 fully saturated rings. The maximum atomic E-state index is 11.8. The standard InChI is InChI=1S/C26H36O4/c1-4-5-11-26(2,29)12-7-10-22-23-16-19(15-21(23)17-24(22)27)13-18-8-6-9-20(14-18)25(28)30-3/h6-10,14-15,21-24,27,29H,4-5,11-13,16-17H2,1-3H3/b10-7+/t21-,22+,23-,24+,26-/m0/s1. The molecular weight excluding hydrogens is 376 g/mol. The second-order valence-electron chi connectivity index (χ2n) is 9.34. The van der Waals surface area contributed by atoms with Crippen LogP contribution >= 0.6 is 0 Å². The molecule has 0 radical (unpaired) electrons. The summed E-state index contributed by atoms with van der Waals surface area (Å²) in [5, 5.41) is 21.1. The smallest absolute Gasteiger partial charge is 0.337 e. The van der Waals surface area contributed by atoms with Crippen LogP contribution < -0.4 is 0 Å². The first-order valence-electron chi connectivity index (χ1n) is 11.3. The summed E-state index contributed by atoms with van der Waals surface area (Å²) in [6, 6.07) is 7.63. The van der Waals surface area contributed by atoms with Crippen molar-refractivity contribution in [2.45, 2.75) is 70.5 Å². The van der Waals surface area contributed by atoms with E-state index in [1.807, 2.05) is 25.1 Å². The first-order valence-corrected chi connectivity index (χ1v) is 11.3. The third-order valence-electron chi connectivity index (χ3n) is 6.71. The van der Waals surface area contributed by atoms with Crippen LogP contribution in [-0.4, -0.2) is 35.0 Å². The minimum atomic E-state index is -0.667. The Morgan fingerprint density at radius 3 is 2.90 bits per heavy atom. The van der Waals surface area contributed by atoms with Crippen molar-refractivity contribution in [2.75, 3.05) is 7.11 Å². The number of benzene rings is 1. The molecule has 0 saturated heterocycles. The number of aliphatic hydroxyl groups excluding tert-OH is 1. The number of methoxy groups -OCH3 is 1. The van der Waals surface area contributed by atoms with E-state index in [0.29, 0.717) is 23.8 Å². The predicted molar refractivity (Wildman–Crippen MR) is 119 cm³/mol. The Kier molecular flexibility index (Phi) is 7.54. The third kappa shape index (κ3) is 5.61. The number of esters is 1. The van der Waals surface area contributed by atoms with Crippen molar-refractivity contribution in [1.82, 2.24) is 0 Å². The zero-order valence-electron chi connectivity index (χ0n) is 18.5. The Morgan fingerprint density at radius 2 is 2.17 bits per heavy atom. The van der Waals surface area contributed by atoms with Crippen LogP contribution in [0.3, 0.4) is 0 Å². The lowest BCUT2D eigenvalue weighted by Gasteiger charge is -2.22. The molecule has 1 aromatic rings. The van der Waals surface area contributed by atoms with Crippen LogP contribution in [-0.2, 0) is 11.2 Å². The lowest BCUT2D eigenvalue weighted by molar-refractivity contribution is 0.0512. The first-order chi connectivity index (χ1) is 14.3. The Bertz CT molecular complexity index is 792. The first kappa shape index (κ1) is 22.8.